The molecule has 3 aromatic rings. The minimum atomic E-state index is -0.804. The van der Waals surface area contributed by atoms with Crippen LogP contribution in [0.15, 0.2) is 46.9 Å². The fraction of sp³-hybridized carbons (Fsp3) is 0.100. The summed E-state index contributed by atoms with van der Waals surface area (Å²) in [5, 5.41) is 6.13. The summed E-state index contributed by atoms with van der Waals surface area (Å²) >= 11 is 9.70. The van der Waals surface area contributed by atoms with Crippen molar-refractivity contribution >= 4 is 61.3 Å². The molecule has 0 aliphatic rings. The third-order valence-electron chi connectivity index (χ3n) is 4.01. The van der Waals surface area contributed by atoms with Crippen molar-refractivity contribution in [2.24, 2.45) is 0 Å². The van der Waals surface area contributed by atoms with Crippen LogP contribution in [0.5, 0.6) is 0 Å². The molecule has 3 rings (SSSR count). The summed E-state index contributed by atoms with van der Waals surface area (Å²) in [4.78, 5) is 13.4. The van der Waals surface area contributed by atoms with Crippen molar-refractivity contribution in [1.29, 1.82) is 0 Å². The van der Waals surface area contributed by atoms with E-state index in [1.165, 1.54) is 18.4 Å². The van der Waals surface area contributed by atoms with Gasteiger partial charge in [-0.1, -0.05) is 30.3 Å². The lowest BCUT2D eigenvalue weighted by atomic mass is 10.0. The van der Waals surface area contributed by atoms with Crippen molar-refractivity contribution in [3.8, 4) is 11.1 Å². The number of benzene rings is 2. The number of aryl methyl sites for hydroxylation is 1. The first-order valence-electron chi connectivity index (χ1n) is 8.31. The molecular weight excluding hydrogens is 482 g/mol. The fourth-order valence-electron chi connectivity index (χ4n) is 2.79. The molecule has 9 heteroatoms. The number of hydrogen-bond donors (Lipinski definition) is 2. The molecule has 150 valence electrons. The molecule has 0 fully saturated rings. The van der Waals surface area contributed by atoms with E-state index in [1.54, 1.807) is 0 Å². The van der Waals surface area contributed by atoms with Crippen LogP contribution in [0, 0.1) is 18.6 Å². The molecule has 1 heterocycles. The number of nitrogens with one attached hydrogen (secondary N) is 2. The second-order valence-corrected chi connectivity index (χ2v) is 8.41. The van der Waals surface area contributed by atoms with E-state index in [0.717, 1.165) is 28.1 Å². The first kappa shape index (κ1) is 21.4. The number of methoxy groups -OCH3 is 1. The summed E-state index contributed by atoms with van der Waals surface area (Å²) < 4.78 is 32.5. The Morgan fingerprint density at radius 1 is 1.17 bits per heavy atom. The zero-order valence-corrected chi connectivity index (χ0v) is 18.5. The van der Waals surface area contributed by atoms with Gasteiger partial charge in [0.15, 0.2) is 10.9 Å². The average molecular weight is 497 g/mol. The quantitative estimate of drug-likeness (QED) is 0.325. The van der Waals surface area contributed by atoms with Gasteiger partial charge < -0.3 is 15.4 Å². The van der Waals surface area contributed by atoms with Crippen LogP contribution in [0.2, 0.25) is 0 Å². The summed E-state index contributed by atoms with van der Waals surface area (Å²) in [5.74, 6) is -2.04. The highest BCUT2D eigenvalue weighted by atomic mass is 79.9. The molecule has 0 spiro atoms. The maximum atomic E-state index is 14.1. The van der Waals surface area contributed by atoms with Crippen LogP contribution < -0.4 is 10.6 Å². The van der Waals surface area contributed by atoms with Gasteiger partial charge in [-0.2, -0.15) is 0 Å². The van der Waals surface area contributed by atoms with Gasteiger partial charge >= 0.3 is 5.97 Å². The number of esters is 1. The number of anilines is 2. The number of carbonyl (C=O) groups excluding carboxylic acids is 1. The number of thiocarbonyl (C=S) groups is 1. The topological polar surface area (TPSA) is 50.4 Å². The first-order valence-corrected chi connectivity index (χ1v) is 10.3. The van der Waals surface area contributed by atoms with Crippen LogP contribution in [0.3, 0.4) is 0 Å². The Labute approximate surface area is 184 Å². The molecule has 1 aromatic heterocycles. The van der Waals surface area contributed by atoms with Crippen molar-refractivity contribution < 1.29 is 18.3 Å². The second-order valence-electron chi connectivity index (χ2n) is 5.92. The Hall–Kier alpha value is -2.36. The lowest BCUT2D eigenvalue weighted by molar-refractivity contribution is 0.0603. The lowest BCUT2D eigenvalue weighted by Gasteiger charge is -2.13. The lowest BCUT2D eigenvalue weighted by Crippen LogP contribution is -2.21. The minimum absolute atomic E-state index is 0.0138. The molecule has 0 radical (unpaired) electrons. The number of halogens is 3. The van der Waals surface area contributed by atoms with Gasteiger partial charge in [0, 0.05) is 21.0 Å². The Kier molecular flexibility index (Phi) is 6.61. The van der Waals surface area contributed by atoms with E-state index < -0.39 is 17.6 Å². The predicted octanol–water partition coefficient (Wildman–Crippen LogP) is 6.36. The Balaban J connectivity index is 1.95. The summed E-state index contributed by atoms with van der Waals surface area (Å²) in [5.41, 5.74) is 1.92. The van der Waals surface area contributed by atoms with Gasteiger partial charge in [0.25, 0.3) is 0 Å². The third kappa shape index (κ3) is 4.63. The molecule has 0 amide bonds. The number of hydrogen-bond acceptors (Lipinski definition) is 4. The van der Waals surface area contributed by atoms with Crippen molar-refractivity contribution in [2.45, 2.75) is 6.92 Å². The van der Waals surface area contributed by atoms with Gasteiger partial charge in [-0.05, 0) is 46.7 Å². The number of thiophene rings is 1. The summed E-state index contributed by atoms with van der Waals surface area (Å²) in [6.07, 6.45) is 0. The Morgan fingerprint density at radius 2 is 1.86 bits per heavy atom. The summed E-state index contributed by atoms with van der Waals surface area (Å²) in [7, 11) is 1.30. The fourth-order valence-corrected chi connectivity index (χ4v) is 4.64. The monoisotopic (exact) mass is 496 g/mol. The smallest absolute Gasteiger partial charge is 0.341 e. The van der Waals surface area contributed by atoms with Gasteiger partial charge in [-0.15, -0.1) is 11.3 Å². The number of rotatable bonds is 4. The van der Waals surface area contributed by atoms with Gasteiger partial charge in [-0.3, -0.25) is 0 Å². The van der Waals surface area contributed by atoms with Gasteiger partial charge in [0.2, 0.25) is 0 Å². The Bertz CT molecular complexity index is 1060. The van der Waals surface area contributed by atoms with E-state index in [2.05, 4.69) is 26.6 Å². The zero-order valence-electron chi connectivity index (χ0n) is 15.3. The van der Waals surface area contributed by atoms with E-state index >= 15 is 0 Å². The number of carbonyl (C=O) groups is 1. The van der Waals surface area contributed by atoms with E-state index in [4.69, 9.17) is 17.0 Å². The maximum Gasteiger partial charge on any atom is 0.341 e. The van der Waals surface area contributed by atoms with Crippen LogP contribution in [0.4, 0.5) is 19.5 Å². The van der Waals surface area contributed by atoms with E-state index in [-0.39, 0.29) is 15.3 Å². The highest BCUT2D eigenvalue weighted by Gasteiger charge is 2.24. The summed E-state index contributed by atoms with van der Waals surface area (Å²) in [6.45, 7) is 1.89. The van der Waals surface area contributed by atoms with Gasteiger partial charge in [0.1, 0.15) is 16.4 Å². The zero-order chi connectivity index (χ0) is 21.1. The SMILES string of the molecule is COC(=O)c1c(NC(=S)Nc2c(F)cc(F)cc2Br)sc(C)c1-c1ccccc1. The molecule has 0 saturated heterocycles. The minimum Gasteiger partial charge on any atom is -0.465 e. The number of ether oxygens (including phenoxy) is 1. The van der Waals surface area contributed by atoms with Crippen LogP contribution in [-0.4, -0.2) is 18.2 Å². The van der Waals surface area contributed by atoms with Gasteiger partial charge in [-0.25, -0.2) is 13.6 Å². The van der Waals surface area contributed by atoms with Crippen LogP contribution in [0.25, 0.3) is 11.1 Å². The highest BCUT2D eigenvalue weighted by molar-refractivity contribution is 9.10. The van der Waals surface area contributed by atoms with Crippen molar-refractivity contribution in [3.63, 3.8) is 0 Å². The van der Waals surface area contributed by atoms with E-state index in [9.17, 15) is 13.6 Å². The average Bonchev–Trinajstić information content (AvgIpc) is 3.00. The van der Waals surface area contributed by atoms with Crippen molar-refractivity contribution in [3.05, 3.63) is 69.0 Å². The second kappa shape index (κ2) is 8.98. The van der Waals surface area contributed by atoms with E-state index in [1.807, 2.05) is 37.3 Å². The highest BCUT2D eigenvalue weighted by Crippen LogP contribution is 2.40. The standard InChI is InChI=1S/C20H15BrF2N2O2S2/c1-10-15(11-6-4-3-5-7-11)16(19(26)27-2)18(29-10)25-20(28)24-17-13(21)8-12(22)9-14(17)23/h3-9H,1-2H3,(H2,24,25,28). The molecule has 29 heavy (non-hydrogen) atoms. The largest absolute Gasteiger partial charge is 0.465 e. The molecule has 0 unspecified atom stereocenters. The molecule has 2 N–H and O–H groups in total. The molecule has 0 bridgehead atoms. The third-order valence-corrected chi connectivity index (χ3v) is 5.86. The predicted molar refractivity (Wildman–Crippen MR) is 120 cm³/mol. The van der Waals surface area contributed by atoms with Crippen LogP contribution in [-0.2, 0) is 4.74 Å². The molecule has 2 aromatic carbocycles. The molecule has 4 nitrogen and oxygen atoms in total. The first-order chi connectivity index (χ1) is 13.8. The van der Waals surface area contributed by atoms with Crippen LogP contribution in [0.1, 0.15) is 15.2 Å². The summed E-state index contributed by atoms with van der Waals surface area (Å²) in [6, 6.07) is 11.3. The normalized spacial score (nSPS) is 10.5. The molecular formula is C20H15BrF2N2O2S2. The van der Waals surface area contributed by atoms with Gasteiger partial charge in [0.05, 0.1) is 12.8 Å². The van der Waals surface area contributed by atoms with Crippen LogP contribution >= 0.6 is 39.5 Å². The molecule has 0 aliphatic carbocycles. The maximum absolute atomic E-state index is 14.1. The van der Waals surface area contributed by atoms with Crippen molar-refractivity contribution in [1.82, 2.24) is 0 Å². The molecule has 0 atom stereocenters. The molecule has 0 saturated carbocycles. The van der Waals surface area contributed by atoms with Crippen molar-refractivity contribution in [2.75, 3.05) is 17.7 Å². The Morgan fingerprint density at radius 3 is 2.48 bits per heavy atom. The molecule has 0 aliphatic heterocycles. The van der Waals surface area contributed by atoms with E-state index in [0.29, 0.717) is 10.6 Å².